The number of hydrogen-bond acceptors (Lipinski definition) is 8. The van der Waals surface area contributed by atoms with Gasteiger partial charge in [0.25, 0.3) is 0 Å². The molecule has 20 heteroatoms. The first-order valence-corrected chi connectivity index (χ1v) is 12.9. The van der Waals surface area contributed by atoms with E-state index in [0.717, 1.165) is 45.9 Å². The normalized spacial score (nSPS) is 18.8. The predicted molar refractivity (Wildman–Crippen MR) is 140 cm³/mol. The van der Waals surface area contributed by atoms with Crippen molar-refractivity contribution in [1.82, 2.24) is 14.9 Å². The molecule has 2 saturated heterocycles. The van der Waals surface area contributed by atoms with Crippen LogP contribution in [0, 0.1) is 5.41 Å². The van der Waals surface area contributed by atoms with Crippen molar-refractivity contribution in [1.29, 1.82) is 0 Å². The van der Waals surface area contributed by atoms with E-state index in [1.54, 1.807) is 0 Å². The SMILES string of the molecule is O=C(O)C(F)(F)F.O=C(O)C(F)(F)F.O=C(O)C(F)(F)F.c1cncc(N2CCOCC3(CCCN(Cc4ccncc4)C3)C2)c1. The number of anilines is 1. The van der Waals surface area contributed by atoms with Crippen LogP contribution in [0.4, 0.5) is 45.2 Å². The molecule has 0 aliphatic carbocycles. The van der Waals surface area contributed by atoms with Crippen molar-refractivity contribution >= 4 is 23.6 Å². The average molecular weight is 681 g/mol. The Morgan fingerprint density at radius 2 is 1.30 bits per heavy atom. The molecule has 1 spiro atoms. The fraction of sp³-hybridized carbons (Fsp3) is 0.500. The number of carboxylic acids is 3. The molecular formula is C26H29F9N4O7. The fourth-order valence-corrected chi connectivity index (χ4v) is 4.19. The maximum atomic E-state index is 10.6. The van der Waals surface area contributed by atoms with E-state index in [1.807, 2.05) is 30.9 Å². The van der Waals surface area contributed by atoms with E-state index in [2.05, 4.69) is 38.0 Å². The third-order valence-electron chi connectivity index (χ3n) is 6.07. The van der Waals surface area contributed by atoms with Crippen molar-refractivity contribution in [3.8, 4) is 0 Å². The van der Waals surface area contributed by atoms with Gasteiger partial charge in [-0.2, -0.15) is 39.5 Å². The van der Waals surface area contributed by atoms with Crippen molar-refractivity contribution in [2.75, 3.05) is 44.3 Å². The summed E-state index contributed by atoms with van der Waals surface area (Å²) in [5.41, 5.74) is 2.75. The van der Waals surface area contributed by atoms with Crippen LogP contribution in [0.3, 0.4) is 0 Å². The smallest absolute Gasteiger partial charge is 0.475 e. The second-order valence-electron chi connectivity index (χ2n) is 9.76. The number of carbonyl (C=O) groups is 3. The molecule has 0 bridgehead atoms. The zero-order chi connectivity index (χ0) is 35.2. The maximum absolute atomic E-state index is 10.6. The summed E-state index contributed by atoms with van der Waals surface area (Å²) in [5, 5.41) is 21.4. The molecule has 2 aromatic heterocycles. The van der Waals surface area contributed by atoms with Gasteiger partial charge in [-0.25, -0.2) is 14.4 Å². The highest BCUT2D eigenvalue weighted by molar-refractivity contribution is 5.73. The van der Waals surface area contributed by atoms with E-state index in [0.29, 0.717) is 0 Å². The van der Waals surface area contributed by atoms with Crippen LogP contribution < -0.4 is 4.90 Å². The molecule has 1 unspecified atom stereocenters. The van der Waals surface area contributed by atoms with Crippen molar-refractivity contribution in [3.05, 3.63) is 54.6 Å². The van der Waals surface area contributed by atoms with Gasteiger partial charge in [0, 0.05) is 50.2 Å². The predicted octanol–water partition coefficient (Wildman–Crippen LogP) is 4.50. The van der Waals surface area contributed by atoms with Gasteiger partial charge in [-0.15, -0.1) is 0 Å². The first kappa shape index (κ1) is 39.8. The van der Waals surface area contributed by atoms with Crippen LogP contribution in [0.1, 0.15) is 18.4 Å². The molecule has 0 saturated carbocycles. The molecule has 4 rings (SSSR count). The molecule has 258 valence electrons. The largest absolute Gasteiger partial charge is 0.490 e. The van der Waals surface area contributed by atoms with Crippen LogP contribution in [0.5, 0.6) is 0 Å². The summed E-state index contributed by atoms with van der Waals surface area (Å²) in [6.45, 7) is 6.89. The van der Waals surface area contributed by atoms with Gasteiger partial charge in [-0.3, -0.25) is 14.9 Å². The molecule has 2 aliphatic rings. The molecule has 46 heavy (non-hydrogen) atoms. The molecule has 0 radical (unpaired) electrons. The Morgan fingerprint density at radius 3 is 1.76 bits per heavy atom. The Kier molecular flexibility index (Phi) is 15.1. The van der Waals surface area contributed by atoms with Gasteiger partial charge in [-0.1, -0.05) is 0 Å². The summed E-state index contributed by atoms with van der Waals surface area (Å²) in [5.74, 6) is -8.27. The van der Waals surface area contributed by atoms with Gasteiger partial charge in [-0.05, 0) is 49.2 Å². The molecule has 2 aliphatic heterocycles. The molecule has 2 fully saturated rings. The molecule has 2 aromatic rings. The highest BCUT2D eigenvalue weighted by Gasteiger charge is 2.40. The molecule has 3 N–H and O–H groups in total. The van der Waals surface area contributed by atoms with E-state index >= 15 is 0 Å². The molecule has 4 heterocycles. The summed E-state index contributed by atoms with van der Waals surface area (Å²) in [6, 6.07) is 8.41. The van der Waals surface area contributed by atoms with Crippen LogP contribution in [-0.4, -0.2) is 106 Å². The standard InChI is InChI=1S/C20H26N4O.3C2HF3O2/c1-3-19(13-22-7-1)24-11-12-25-17-20(16-24)6-2-10-23(15-20)14-18-4-8-21-9-5-18;3*3-2(4,5)1(6)7/h1,3-5,7-9,13H,2,6,10-12,14-17H2;3*(H,6,7). The fourth-order valence-electron chi connectivity index (χ4n) is 4.19. The number of halogens is 9. The van der Waals surface area contributed by atoms with Gasteiger partial charge >= 0.3 is 36.4 Å². The third-order valence-corrected chi connectivity index (χ3v) is 6.07. The number of pyridine rings is 2. The lowest BCUT2D eigenvalue weighted by Gasteiger charge is -2.44. The quantitative estimate of drug-likeness (QED) is 0.393. The lowest BCUT2D eigenvalue weighted by Crippen LogP contribution is -2.50. The summed E-state index contributed by atoms with van der Waals surface area (Å²) >= 11 is 0. The van der Waals surface area contributed by atoms with E-state index in [-0.39, 0.29) is 5.41 Å². The molecule has 1 atom stereocenters. The topological polar surface area (TPSA) is 153 Å². The Hall–Kier alpha value is -4.20. The lowest BCUT2D eigenvalue weighted by molar-refractivity contribution is -0.193. The van der Waals surface area contributed by atoms with E-state index in [9.17, 15) is 39.5 Å². The van der Waals surface area contributed by atoms with Crippen molar-refractivity contribution in [3.63, 3.8) is 0 Å². The van der Waals surface area contributed by atoms with Crippen molar-refractivity contribution < 1.29 is 74.0 Å². The number of hydrogen-bond donors (Lipinski definition) is 3. The first-order valence-electron chi connectivity index (χ1n) is 12.9. The van der Waals surface area contributed by atoms with E-state index in [4.69, 9.17) is 34.4 Å². The Bertz CT molecular complexity index is 1180. The number of likely N-dealkylation sites (tertiary alicyclic amines) is 1. The lowest BCUT2D eigenvalue weighted by atomic mass is 9.80. The number of aromatic nitrogens is 2. The average Bonchev–Trinajstić information content (AvgIpc) is 3.16. The molecule has 0 amide bonds. The van der Waals surface area contributed by atoms with Crippen LogP contribution in [0.25, 0.3) is 0 Å². The number of nitrogens with zero attached hydrogens (tertiary/aromatic N) is 4. The maximum Gasteiger partial charge on any atom is 0.490 e. The Labute approximate surface area is 255 Å². The number of carboxylic acid groups (broad SMARTS) is 3. The monoisotopic (exact) mass is 680 g/mol. The van der Waals surface area contributed by atoms with Gasteiger partial charge in [0.15, 0.2) is 0 Å². The number of piperidine rings is 1. The van der Waals surface area contributed by atoms with Crippen LogP contribution in [0.2, 0.25) is 0 Å². The zero-order valence-corrected chi connectivity index (χ0v) is 23.6. The van der Waals surface area contributed by atoms with E-state index < -0.39 is 36.4 Å². The highest BCUT2D eigenvalue weighted by Crippen LogP contribution is 2.35. The Balaban J connectivity index is 0.000000413. The van der Waals surface area contributed by atoms with Gasteiger partial charge in [0.2, 0.25) is 0 Å². The van der Waals surface area contributed by atoms with Crippen LogP contribution in [-0.2, 0) is 25.7 Å². The summed E-state index contributed by atoms with van der Waals surface area (Å²) < 4.78 is 101. The second kappa shape index (κ2) is 17.5. The number of ether oxygens (including phenoxy) is 1. The number of alkyl halides is 9. The minimum atomic E-state index is -5.08. The number of rotatable bonds is 3. The number of aliphatic carboxylic acids is 3. The minimum absolute atomic E-state index is 0.206. The molecular weight excluding hydrogens is 651 g/mol. The van der Waals surface area contributed by atoms with E-state index in [1.165, 1.54) is 24.1 Å². The van der Waals surface area contributed by atoms with Crippen molar-refractivity contribution in [2.24, 2.45) is 5.41 Å². The summed E-state index contributed by atoms with van der Waals surface area (Å²) in [4.78, 5) is 40.1. The van der Waals surface area contributed by atoms with Crippen molar-refractivity contribution in [2.45, 2.75) is 37.9 Å². The molecule has 0 aromatic carbocycles. The highest BCUT2D eigenvalue weighted by atomic mass is 19.4. The van der Waals surface area contributed by atoms with Crippen LogP contribution >= 0.6 is 0 Å². The van der Waals surface area contributed by atoms with Gasteiger partial charge < -0.3 is 25.0 Å². The zero-order valence-electron chi connectivity index (χ0n) is 23.6. The van der Waals surface area contributed by atoms with Crippen LogP contribution in [0.15, 0.2) is 49.1 Å². The van der Waals surface area contributed by atoms with Gasteiger partial charge in [0.05, 0.1) is 25.1 Å². The summed E-state index contributed by atoms with van der Waals surface area (Å²) in [7, 11) is 0. The Morgan fingerprint density at radius 1 is 0.783 bits per heavy atom. The molecule has 11 nitrogen and oxygen atoms in total. The summed E-state index contributed by atoms with van der Waals surface area (Å²) in [6.07, 6.45) is -5.21. The first-order chi connectivity index (χ1) is 21.2. The second-order valence-corrected chi connectivity index (χ2v) is 9.76. The third kappa shape index (κ3) is 15.2. The van der Waals surface area contributed by atoms with Gasteiger partial charge in [0.1, 0.15) is 0 Å². The minimum Gasteiger partial charge on any atom is -0.475 e.